The first-order valence-electron chi connectivity index (χ1n) is 6.37. The van der Waals surface area contributed by atoms with Crippen LogP contribution in [0.1, 0.15) is 13.8 Å². The van der Waals surface area contributed by atoms with Crippen molar-refractivity contribution in [3.8, 4) is 11.3 Å². The van der Waals surface area contributed by atoms with E-state index in [4.69, 9.17) is 5.11 Å². The van der Waals surface area contributed by atoms with Gasteiger partial charge in [0.25, 0.3) is 0 Å². The van der Waals surface area contributed by atoms with Gasteiger partial charge in [-0.3, -0.25) is 4.79 Å². The van der Waals surface area contributed by atoms with Gasteiger partial charge in [0, 0.05) is 5.56 Å². The van der Waals surface area contributed by atoms with Crippen LogP contribution in [0.3, 0.4) is 0 Å². The fraction of sp³-hybridized carbons (Fsp3) is 0.357. The molecule has 0 spiro atoms. The van der Waals surface area contributed by atoms with Gasteiger partial charge in [-0.2, -0.15) is 0 Å². The minimum atomic E-state index is -0.639. The summed E-state index contributed by atoms with van der Waals surface area (Å²) in [5.74, 6) is -0.214. The third-order valence-electron chi connectivity index (χ3n) is 2.79. The molecule has 0 saturated carbocycles. The van der Waals surface area contributed by atoms with Crippen molar-refractivity contribution in [1.82, 2.24) is 20.3 Å². The van der Waals surface area contributed by atoms with Crippen LogP contribution in [0.4, 0.5) is 0 Å². The molecule has 6 nitrogen and oxygen atoms in total. The number of hydrogen-bond acceptors (Lipinski definition) is 4. The van der Waals surface area contributed by atoms with Gasteiger partial charge in [0.05, 0.1) is 18.3 Å². The predicted octanol–water partition coefficient (Wildman–Crippen LogP) is 0.832. The van der Waals surface area contributed by atoms with E-state index >= 15 is 0 Å². The van der Waals surface area contributed by atoms with Gasteiger partial charge in [-0.15, -0.1) is 5.10 Å². The molecule has 0 saturated heterocycles. The van der Waals surface area contributed by atoms with Crippen LogP contribution in [0.25, 0.3) is 11.3 Å². The Kier molecular flexibility index (Phi) is 4.14. The van der Waals surface area contributed by atoms with Crippen molar-refractivity contribution in [3.05, 3.63) is 36.5 Å². The maximum Gasteiger partial charge on any atom is 0.242 e. The average molecular weight is 274 g/mol. The molecule has 0 aliphatic rings. The number of carbonyl (C=O) groups is 1. The van der Waals surface area contributed by atoms with Gasteiger partial charge in [0.1, 0.15) is 12.2 Å². The molecule has 106 valence electrons. The molecule has 0 aliphatic carbocycles. The second-order valence-corrected chi connectivity index (χ2v) is 5.26. The van der Waals surface area contributed by atoms with E-state index in [1.54, 1.807) is 20.0 Å². The second kappa shape index (κ2) is 5.83. The van der Waals surface area contributed by atoms with Crippen molar-refractivity contribution in [2.24, 2.45) is 0 Å². The van der Waals surface area contributed by atoms with Crippen LogP contribution in [-0.2, 0) is 11.3 Å². The van der Waals surface area contributed by atoms with Gasteiger partial charge in [-0.05, 0) is 13.8 Å². The van der Waals surface area contributed by atoms with Gasteiger partial charge in [-0.1, -0.05) is 35.5 Å². The van der Waals surface area contributed by atoms with Gasteiger partial charge in [-0.25, -0.2) is 4.68 Å². The highest BCUT2D eigenvalue weighted by Gasteiger charge is 2.19. The summed E-state index contributed by atoms with van der Waals surface area (Å²) >= 11 is 0. The Morgan fingerprint density at radius 3 is 2.70 bits per heavy atom. The molecule has 2 N–H and O–H groups in total. The van der Waals surface area contributed by atoms with Crippen molar-refractivity contribution < 1.29 is 9.90 Å². The van der Waals surface area contributed by atoms with E-state index in [9.17, 15) is 4.79 Å². The third-order valence-corrected chi connectivity index (χ3v) is 2.79. The lowest BCUT2D eigenvalue weighted by Gasteiger charge is -2.23. The largest absolute Gasteiger partial charge is 0.394 e. The zero-order valence-corrected chi connectivity index (χ0v) is 11.6. The molecule has 0 fully saturated rings. The van der Waals surface area contributed by atoms with Crippen LogP contribution in [0.15, 0.2) is 36.5 Å². The highest BCUT2D eigenvalue weighted by Crippen LogP contribution is 2.14. The normalized spacial score (nSPS) is 11.3. The van der Waals surface area contributed by atoms with Gasteiger partial charge in [0.2, 0.25) is 5.91 Å². The predicted molar refractivity (Wildman–Crippen MR) is 74.8 cm³/mol. The number of carbonyl (C=O) groups excluding carboxylic acids is 1. The molecule has 1 aromatic carbocycles. The first kappa shape index (κ1) is 14.2. The molecule has 0 aliphatic heterocycles. The Morgan fingerprint density at radius 1 is 1.35 bits per heavy atom. The lowest BCUT2D eigenvalue weighted by Crippen LogP contribution is -2.47. The van der Waals surface area contributed by atoms with Crippen molar-refractivity contribution in [2.45, 2.75) is 25.9 Å². The summed E-state index contributed by atoms with van der Waals surface area (Å²) in [6, 6.07) is 9.64. The maximum atomic E-state index is 11.8. The molecule has 0 unspecified atom stereocenters. The summed E-state index contributed by atoms with van der Waals surface area (Å²) in [7, 11) is 0. The van der Waals surface area contributed by atoms with E-state index in [0.29, 0.717) is 0 Å². The number of nitrogens with zero attached hydrogens (tertiary/aromatic N) is 3. The van der Waals surface area contributed by atoms with E-state index < -0.39 is 5.54 Å². The number of aliphatic hydroxyl groups is 1. The topological polar surface area (TPSA) is 80.0 Å². The molecule has 0 radical (unpaired) electrons. The molecule has 0 atom stereocenters. The van der Waals surface area contributed by atoms with Crippen molar-refractivity contribution in [1.29, 1.82) is 0 Å². The molecular formula is C14H18N4O2. The van der Waals surface area contributed by atoms with E-state index in [-0.39, 0.29) is 19.1 Å². The van der Waals surface area contributed by atoms with E-state index in [1.165, 1.54) is 4.68 Å². The van der Waals surface area contributed by atoms with Gasteiger partial charge < -0.3 is 10.4 Å². The van der Waals surface area contributed by atoms with Crippen LogP contribution in [-0.4, -0.2) is 38.2 Å². The second-order valence-electron chi connectivity index (χ2n) is 5.26. The van der Waals surface area contributed by atoms with Crippen LogP contribution >= 0.6 is 0 Å². The molecule has 1 amide bonds. The summed E-state index contributed by atoms with van der Waals surface area (Å²) in [5.41, 5.74) is 1.04. The lowest BCUT2D eigenvalue weighted by atomic mass is 10.1. The lowest BCUT2D eigenvalue weighted by molar-refractivity contribution is -0.123. The Hall–Kier alpha value is -2.21. The molecule has 0 bridgehead atoms. The van der Waals surface area contributed by atoms with Gasteiger partial charge in [0.15, 0.2) is 0 Å². The molecular weight excluding hydrogens is 256 g/mol. The minimum absolute atomic E-state index is 0.0727. The number of rotatable bonds is 5. The van der Waals surface area contributed by atoms with Crippen molar-refractivity contribution in [3.63, 3.8) is 0 Å². The van der Waals surface area contributed by atoms with E-state index in [1.807, 2.05) is 30.3 Å². The molecule has 20 heavy (non-hydrogen) atoms. The Balaban J connectivity index is 2.02. The summed E-state index contributed by atoms with van der Waals surface area (Å²) in [6.45, 7) is 3.46. The highest BCUT2D eigenvalue weighted by molar-refractivity contribution is 5.76. The number of benzene rings is 1. The van der Waals surface area contributed by atoms with Crippen molar-refractivity contribution >= 4 is 5.91 Å². The Labute approximate surface area is 117 Å². The number of aromatic nitrogens is 3. The highest BCUT2D eigenvalue weighted by atomic mass is 16.3. The Morgan fingerprint density at radius 2 is 2.05 bits per heavy atom. The summed E-state index contributed by atoms with van der Waals surface area (Å²) < 4.78 is 1.48. The first-order valence-corrected chi connectivity index (χ1v) is 6.37. The summed E-state index contributed by atoms with van der Waals surface area (Å²) in [6.07, 6.45) is 1.72. The number of hydrogen-bond donors (Lipinski definition) is 2. The quantitative estimate of drug-likeness (QED) is 0.846. The number of amides is 1. The van der Waals surface area contributed by atoms with Crippen molar-refractivity contribution in [2.75, 3.05) is 6.61 Å². The molecule has 6 heteroatoms. The number of aliphatic hydroxyl groups excluding tert-OH is 1. The van der Waals surface area contributed by atoms with E-state index in [2.05, 4.69) is 15.6 Å². The fourth-order valence-corrected chi connectivity index (χ4v) is 1.72. The van der Waals surface area contributed by atoms with Crippen LogP contribution in [0.5, 0.6) is 0 Å². The third kappa shape index (κ3) is 3.64. The first-order chi connectivity index (χ1) is 9.50. The maximum absolute atomic E-state index is 11.8. The van der Waals surface area contributed by atoms with Crippen LogP contribution in [0, 0.1) is 0 Å². The van der Waals surface area contributed by atoms with Gasteiger partial charge >= 0.3 is 0 Å². The van der Waals surface area contributed by atoms with E-state index in [0.717, 1.165) is 11.3 Å². The molecule has 1 aromatic heterocycles. The fourth-order valence-electron chi connectivity index (χ4n) is 1.72. The molecule has 2 rings (SSSR count). The average Bonchev–Trinajstić information content (AvgIpc) is 2.87. The Bertz CT molecular complexity index is 578. The molecule has 1 heterocycles. The monoisotopic (exact) mass is 274 g/mol. The van der Waals surface area contributed by atoms with Crippen LogP contribution < -0.4 is 5.32 Å². The molecule has 2 aromatic rings. The number of nitrogens with one attached hydrogen (secondary N) is 1. The minimum Gasteiger partial charge on any atom is -0.394 e. The standard InChI is InChI=1S/C14H18N4O2/c1-14(2,10-19)15-13(20)9-18-8-12(16-17-18)11-6-4-3-5-7-11/h3-8,19H,9-10H2,1-2H3,(H,15,20). The summed E-state index contributed by atoms with van der Waals surface area (Å²) in [4.78, 5) is 11.8. The SMILES string of the molecule is CC(C)(CO)NC(=O)Cn1cc(-c2ccccc2)nn1. The smallest absolute Gasteiger partial charge is 0.242 e. The summed E-state index contributed by atoms with van der Waals surface area (Å²) in [5, 5.41) is 19.8. The van der Waals surface area contributed by atoms with Crippen LogP contribution in [0.2, 0.25) is 0 Å². The zero-order chi connectivity index (χ0) is 14.6. The zero-order valence-electron chi connectivity index (χ0n) is 11.6.